The van der Waals surface area contributed by atoms with Crippen molar-refractivity contribution in [2.45, 2.75) is 63.3 Å². The van der Waals surface area contributed by atoms with Crippen molar-refractivity contribution in [3.05, 3.63) is 65.2 Å². The minimum atomic E-state index is -0.424. The molecule has 0 spiro atoms. The van der Waals surface area contributed by atoms with E-state index in [1.807, 2.05) is 55.5 Å². The Bertz CT molecular complexity index is 865. The van der Waals surface area contributed by atoms with Gasteiger partial charge in [0.1, 0.15) is 0 Å². The van der Waals surface area contributed by atoms with Crippen molar-refractivity contribution in [3.63, 3.8) is 0 Å². The first-order valence-electron chi connectivity index (χ1n) is 10.4. The van der Waals surface area contributed by atoms with Crippen LogP contribution in [-0.2, 0) is 10.2 Å². The molecule has 28 heavy (non-hydrogen) atoms. The summed E-state index contributed by atoms with van der Waals surface area (Å²) in [6.45, 7) is 1.94. The Hall–Kier alpha value is -2.62. The summed E-state index contributed by atoms with van der Waals surface area (Å²) in [7, 11) is 0. The molecule has 2 aromatic rings. The fourth-order valence-electron chi connectivity index (χ4n) is 4.46. The predicted octanol–water partition coefficient (Wildman–Crippen LogP) is 4.73. The van der Waals surface area contributed by atoms with Gasteiger partial charge in [0.05, 0.1) is 5.41 Å². The van der Waals surface area contributed by atoms with Crippen LogP contribution >= 0.6 is 0 Å². The highest BCUT2D eigenvalue weighted by molar-refractivity contribution is 6.01. The van der Waals surface area contributed by atoms with E-state index >= 15 is 0 Å². The van der Waals surface area contributed by atoms with Crippen LogP contribution in [0.15, 0.2) is 48.5 Å². The first-order valence-corrected chi connectivity index (χ1v) is 10.4. The highest BCUT2D eigenvalue weighted by Gasteiger charge is 2.45. The number of carbonyl (C=O) groups excluding carboxylic acids is 2. The van der Waals surface area contributed by atoms with E-state index < -0.39 is 5.41 Å². The molecule has 0 atom stereocenters. The molecule has 2 saturated carbocycles. The second-order valence-corrected chi connectivity index (χ2v) is 8.24. The Balaban J connectivity index is 1.47. The molecule has 0 heterocycles. The monoisotopic (exact) mass is 376 g/mol. The van der Waals surface area contributed by atoms with Gasteiger partial charge in [-0.05, 0) is 61.9 Å². The van der Waals surface area contributed by atoms with Crippen LogP contribution in [-0.4, -0.2) is 17.9 Å². The fourth-order valence-corrected chi connectivity index (χ4v) is 4.46. The predicted molar refractivity (Wildman–Crippen MR) is 112 cm³/mol. The summed E-state index contributed by atoms with van der Waals surface area (Å²) >= 11 is 0. The van der Waals surface area contributed by atoms with Crippen molar-refractivity contribution in [1.82, 2.24) is 5.32 Å². The second kappa shape index (κ2) is 7.78. The molecule has 2 aliphatic rings. The van der Waals surface area contributed by atoms with Crippen LogP contribution in [0, 0.1) is 6.92 Å². The molecule has 4 rings (SSSR count). The number of aryl methyl sites for hydroxylation is 1. The van der Waals surface area contributed by atoms with Crippen LogP contribution in [0.25, 0.3) is 0 Å². The average molecular weight is 377 g/mol. The zero-order chi connectivity index (χ0) is 19.6. The number of nitrogens with one attached hydrogen (secondary N) is 2. The van der Waals surface area contributed by atoms with Crippen LogP contribution in [0.2, 0.25) is 0 Å². The quantitative estimate of drug-likeness (QED) is 0.793. The summed E-state index contributed by atoms with van der Waals surface area (Å²) in [5, 5.41) is 6.24. The van der Waals surface area contributed by atoms with Crippen LogP contribution in [0.3, 0.4) is 0 Å². The lowest BCUT2D eigenvalue weighted by Crippen LogP contribution is -2.46. The number of anilines is 1. The maximum Gasteiger partial charge on any atom is 0.251 e. The minimum absolute atomic E-state index is 0.0207. The lowest BCUT2D eigenvalue weighted by molar-refractivity contribution is -0.124. The molecule has 0 unspecified atom stereocenters. The largest absolute Gasteiger partial charge is 0.349 e. The summed E-state index contributed by atoms with van der Waals surface area (Å²) < 4.78 is 0. The number of amides is 2. The highest BCUT2D eigenvalue weighted by Crippen LogP contribution is 2.44. The van der Waals surface area contributed by atoms with E-state index in [1.54, 1.807) is 0 Å². The van der Waals surface area contributed by atoms with E-state index in [0.717, 1.165) is 48.9 Å². The normalized spacial score (nSPS) is 18.3. The minimum Gasteiger partial charge on any atom is -0.349 e. The lowest BCUT2D eigenvalue weighted by atomic mass is 9.64. The summed E-state index contributed by atoms with van der Waals surface area (Å²) in [6.07, 6.45) is 7.35. The highest BCUT2D eigenvalue weighted by atomic mass is 16.2. The number of carbonyl (C=O) groups is 2. The Labute approximate surface area is 166 Å². The number of rotatable bonds is 5. The van der Waals surface area contributed by atoms with E-state index in [9.17, 15) is 9.59 Å². The molecule has 0 radical (unpaired) electrons. The van der Waals surface area contributed by atoms with Crippen molar-refractivity contribution < 1.29 is 9.59 Å². The molecule has 2 fully saturated rings. The topological polar surface area (TPSA) is 58.2 Å². The Morgan fingerprint density at radius 1 is 0.964 bits per heavy atom. The molecule has 4 heteroatoms. The van der Waals surface area contributed by atoms with E-state index in [2.05, 4.69) is 10.6 Å². The molecule has 0 saturated heterocycles. The van der Waals surface area contributed by atoms with E-state index in [-0.39, 0.29) is 11.8 Å². The lowest BCUT2D eigenvalue weighted by Gasteiger charge is -2.40. The molecular formula is C24H28N2O2. The Morgan fingerprint density at radius 2 is 1.68 bits per heavy atom. The van der Waals surface area contributed by atoms with Gasteiger partial charge in [0.2, 0.25) is 5.91 Å². The third-order valence-electron chi connectivity index (χ3n) is 6.40. The summed E-state index contributed by atoms with van der Waals surface area (Å²) in [4.78, 5) is 25.6. The number of benzene rings is 2. The standard InChI is InChI=1S/C24H28N2O2/c1-17-16-18(22(27)25-20-10-5-6-11-20)12-13-21(17)26-23(28)24(14-7-15-24)19-8-3-2-4-9-19/h2-4,8-9,12-13,16,20H,5-7,10-11,14-15H2,1H3,(H,25,27)(H,26,28). The maximum absolute atomic E-state index is 13.1. The molecular weight excluding hydrogens is 348 g/mol. The number of hydrogen-bond donors (Lipinski definition) is 2. The zero-order valence-corrected chi connectivity index (χ0v) is 16.5. The molecule has 2 N–H and O–H groups in total. The van der Waals surface area contributed by atoms with Gasteiger partial charge in [-0.2, -0.15) is 0 Å². The Kier molecular flexibility index (Phi) is 5.21. The average Bonchev–Trinajstić information content (AvgIpc) is 3.16. The van der Waals surface area contributed by atoms with E-state index in [4.69, 9.17) is 0 Å². The van der Waals surface area contributed by atoms with Crippen molar-refractivity contribution in [2.75, 3.05) is 5.32 Å². The zero-order valence-electron chi connectivity index (χ0n) is 16.5. The van der Waals surface area contributed by atoms with Crippen molar-refractivity contribution in [1.29, 1.82) is 0 Å². The second-order valence-electron chi connectivity index (χ2n) is 8.24. The van der Waals surface area contributed by atoms with Gasteiger partial charge in [0.15, 0.2) is 0 Å². The summed E-state index contributed by atoms with van der Waals surface area (Å²) in [5.41, 5.74) is 3.01. The van der Waals surface area contributed by atoms with E-state index in [0.29, 0.717) is 11.6 Å². The first-order chi connectivity index (χ1) is 13.6. The fraction of sp³-hybridized carbons (Fsp3) is 0.417. The molecule has 146 valence electrons. The summed E-state index contributed by atoms with van der Waals surface area (Å²) in [5.74, 6) is 0.0313. The van der Waals surface area contributed by atoms with Gasteiger partial charge in [0.25, 0.3) is 5.91 Å². The van der Waals surface area contributed by atoms with Crippen molar-refractivity contribution >= 4 is 17.5 Å². The van der Waals surface area contributed by atoms with Gasteiger partial charge in [-0.25, -0.2) is 0 Å². The van der Waals surface area contributed by atoms with Gasteiger partial charge in [-0.3, -0.25) is 9.59 Å². The maximum atomic E-state index is 13.1. The molecule has 2 amide bonds. The molecule has 2 aromatic carbocycles. The number of hydrogen-bond acceptors (Lipinski definition) is 2. The smallest absolute Gasteiger partial charge is 0.251 e. The van der Waals surface area contributed by atoms with Crippen LogP contribution in [0.5, 0.6) is 0 Å². The molecule has 0 bridgehead atoms. The van der Waals surface area contributed by atoms with Gasteiger partial charge < -0.3 is 10.6 Å². The molecule has 0 aromatic heterocycles. The third-order valence-corrected chi connectivity index (χ3v) is 6.40. The van der Waals surface area contributed by atoms with Crippen molar-refractivity contribution in [3.8, 4) is 0 Å². The molecule has 0 aliphatic heterocycles. The van der Waals surface area contributed by atoms with Gasteiger partial charge in [-0.15, -0.1) is 0 Å². The SMILES string of the molecule is Cc1cc(C(=O)NC2CCCC2)ccc1NC(=O)C1(c2ccccc2)CCC1. The first kappa shape index (κ1) is 18.7. The molecule has 4 nitrogen and oxygen atoms in total. The van der Waals surface area contributed by atoms with Crippen LogP contribution < -0.4 is 10.6 Å². The third kappa shape index (κ3) is 3.56. The van der Waals surface area contributed by atoms with Crippen LogP contribution in [0.1, 0.15) is 66.4 Å². The molecule has 2 aliphatic carbocycles. The van der Waals surface area contributed by atoms with Crippen molar-refractivity contribution in [2.24, 2.45) is 0 Å². The Morgan fingerprint density at radius 3 is 2.29 bits per heavy atom. The summed E-state index contributed by atoms with van der Waals surface area (Å²) in [6, 6.07) is 15.9. The van der Waals surface area contributed by atoms with Gasteiger partial charge in [0, 0.05) is 17.3 Å². The van der Waals surface area contributed by atoms with E-state index in [1.165, 1.54) is 12.8 Å². The van der Waals surface area contributed by atoms with Gasteiger partial charge in [-0.1, -0.05) is 49.6 Å². The van der Waals surface area contributed by atoms with Gasteiger partial charge >= 0.3 is 0 Å². The van der Waals surface area contributed by atoms with Crippen LogP contribution in [0.4, 0.5) is 5.69 Å².